The second kappa shape index (κ2) is 7.25. The Hall–Kier alpha value is -2.38. The fourth-order valence-electron chi connectivity index (χ4n) is 3.46. The number of carbonyl (C=O) groups is 1. The van der Waals surface area contributed by atoms with Gasteiger partial charge in [-0.25, -0.2) is 4.79 Å². The maximum absolute atomic E-state index is 12.3. The van der Waals surface area contributed by atoms with E-state index in [9.17, 15) is 9.59 Å². The zero-order chi connectivity index (χ0) is 18.0. The van der Waals surface area contributed by atoms with Gasteiger partial charge in [-0.1, -0.05) is 0 Å². The molecule has 1 fully saturated rings. The molecule has 3 heterocycles. The Morgan fingerprint density at radius 1 is 1.40 bits per heavy atom. The third-order valence-corrected chi connectivity index (χ3v) is 4.74. The fraction of sp³-hybridized carbons (Fsp3) is 0.444. The lowest BCUT2D eigenvalue weighted by atomic mass is 10.1. The molecule has 1 atom stereocenters. The Morgan fingerprint density at radius 2 is 2.20 bits per heavy atom. The largest absolute Gasteiger partial charge is 0.494 e. The van der Waals surface area contributed by atoms with Crippen LogP contribution < -0.4 is 16.0 Å². The Morgan fingerprint density at radius 3 is 2.88 bits per heavy atom. The van der Waals surface area contributed by atoms with Crippen LogP contribution >= 0.6 is 0 Å². The third kappa shape index (κ3) is 3.52. The van der Waals surface area contributed by atoms with Gasteiger partial charge in [0.1, 0.15) is 11.3 Å². The van der Waals surface area contributed by atoms with Crippen LogP contribution in [0.5, 0.6) is 5.75 Å². The molecule has 2 aromatic rings. The number of aromatic carboxylic acids is 1. The van der Waals surface area contributed by atoms with Gasteiger partial charge in [0.2, 0.25) is 0 Å². The molecule has 1 aliphatic rings. The third-order valence-electron chi connectivity index (χ3n) is 4.74. The quantitative estimate of drug-likeness (QED) is 0.838. The molecule has 134 valence electrons. The van der Waals surface area contributed by atoms with Crippen molar-refractivity contribution in [3.63, 3.8) is 0 Å². The van der Waals surface area contributed by atoms with E-state index in [2.05, 4.69) is 4.90 Å². The van der Waals surface area contributed by atoms with Crippen LogP contribution in [0.4, 0.5) is 0 Å². The molecule has 3 rings (SSSR count). The van der Waals surface area contributed by atoms with Crippen LogP contribution in [-0.4, -0.2) is 53.2 Å². The lowest BCUT2D eigenvalue weighted by Crippen LogP contribution is -2.43. The van der Waals surface area contributed by atoms with Crippen molar-refractivity contribution >= 4 is 11.5 Å². The Balaban J connectivity index is 1.90. The van der Waals surface area contributed by atoms with Crippen LogP contribution in [-0.2, 0) is 6.42 Å². The van der Waals surface area contributed by atoms with Crippen molar-refractivity contribution in [1.82, 2.24) is 9.30 Å². The van der Waals surface area contributed by atoms with Crippen LogP contribution in [0.1, 0.15) is 28.8 Å². The van der Waals surface area contributed by atoms with Crippen LogP contribution in [0.25, 0.3) is 5.52 Å². The summed E-state index contributed by atoms with van der Waals surface area (Å²) in [5, 5.41) is 9.10. The highest BCUT2D eigenvalue weighted by molar-refractivity contribution is 5.87. The summed E-state index contributed by atoms with van der Waals surface area (Å²) in [5.74, 6) is -0.623. The molecule has 25 heavy (non-hydrogen) atoms. The number of carboxylic acids is 1. The number of hydrogen-bond donors (Lipinski definition) is 2. The standard InChI is InChI=1S/C18H23N3O4/c1-25-16-12(6-9-20-8-2-3-13(19)11-20)7-10-21-15(16)5-4-14(17(21)22)18(23)24/h4-5,7,10,13H,2-3,6,8-9,11,19H2,1H3,(H,23,24). The monoisotopic (exact) mass is 345 g/mol. The van der Waals surface area contributed by atoms with Gasteiger partial charge in [-0.15, -0.1) is 0 Å². The van der Waals surface area contributed by atoms with E-state index in [1.165, 1.54) is 10.5 Å². The van der Waals surface area contributed by atoms with E-state index in [0.29, 0.717) is 11.3 Å². The van der Waals surface area contributed by atoms with Crippen molar-refractivity contribution in [3.05, 3.63) is 45.9 Å². The van der Waals surface area contributed by atoms with Gasteiger partial charge < -0.3 is 20.5 Å². The number of fused-ring (bicyclic) bond motifs is 1. The van der Waals surface area contributed by atoms with Crippen LogP contribution in [0.3, 0.4) is 0 Å². The second-order valence-corrected chi connectivity index (χ2v) is 6.44. The van der Waals surface area contributed by atoms with E-state index < -0.39 is 11.5 Å². The molecule has 0 spiro atoms. The first-order chi connectivity index (χ1) is 12.0. The number of aromatic nitrogens is 1. The number of pyridine rings is 2. The van der Waals surface area contributed by atoms with Gasteiger partial charge in [0.25, 0.3) is 5.56 Å². The summed E-state index contributed by atoms with van der Waals surface area (Å²) in [4.78, 5) is 25.8. The average molecular weight is 345 g/mol. The molecule has 7 nitrogen and oxygen atoms in total. The maximum atomic E-state index is 12.3. The molecule has 0 aliphatic carbocycles. The minimum Gasteiger partial charge on any atom is -0.494 e. The van der Waals surface area contributed by atoms with Crippen molar-refractivity contribution < 1.29 is 14.6 Å². The molecule has 1 unspecified atom stereocenters. The number of piperidine rings is 1. The number of rotatable bonds is 5. The predicted octanol–water partition coefficient (Wildman–Crippen LogP) is 0.972. The number of hydrogen-bond acceptors (Lipinski definition) is 5. The highest BCUT2D eigenvalue weighted by Gasteiger charge is 2.18. The Bertz CT molecular complexity index is 846. The zero-order valence-electron chi connectivity index (χ0n) is 14.3. The van der Waals surface area contributed by atoms with E-state index in [-0.39, 0.29) is 11.6 Å². The molecule has 0 saturated carbocycles. The van der Waals surface area contributed by atoms with Gasteiger partial charge in [0.15, 0.2) is 0 Å². The smallest absolute Gasteiger partial charge is 0.341 e. The highest BCUT2D eigenvalue weighted by Crippen LogP contribution is 2.25. The number of methoxy groups -OCH3 is 1. The summed E-state index contributed by atoms with van der Waals surface area (Å²) in [6.07, 6.45) is 4.58. The lowest BCUT2D eigenvalue weighted by Gasteiger charge is -2.30. The van der Waals surface area contributed by atoms with Crippen molar-refractivity contribution in [2.45, 2.75) is 25.3 Å². The summed E-state index contributed by atoms with van der Waals surface area (Å²) < 4.78 is 6.85. The number of carboxylic acid groups (broad SMARTS) is 1. The van der Waals surface area contributed by atoms with Crippen LogP contribution in [0.15, 0.2) is 29.2 Å². The molecule has 7 heteroatoms. The summed E-state index contributed by atoms with van der Waals surface area (Å²) in [6.45, 7) is 2.82. The van der Waals surface area contributed by atoms with Gasteiger partial charge in [0, 0.05) is 25.3 Å². The average Bonchev–Trinajstić information content (AvgIpc) is 2.59. The summed E-state index contributed by atoms with van der Waals surface area (Å²) in [6, 6.07) is 5.00. The minimum atomic E-state index is -1.23. The number of likely N-dealkylation sites (tertiary alicyclic amines) is 1. The molecular weight excluding hydrogens is 322 g/mol. The van der Waals surface area contributed by atoms with Gasteiger partial charge in [0.05, 0.1) is 12.6 Å². The first kappa shape index (κ1) is 17.4. The van der Waals surface area contributed by atoms with E-state index in [4.69, 9.17) is 15.6 Å². The minimum absolute atomic E-state index is 0.236. The van der Waals surface area contributed by atoms with Gasteiger partial charge >= 0.3 is 5.97 Å². The van der Waals surface area contributed by atoms with Crippen LogP contribution in [0, 0.1) is 0 Å². The van der Waals surface area contributed by atoms with Crippen molar-refractivity contribution in [2.24, 2.45) is 5.73 Å². The number of ether oxygens (including phenoxy) is 1. The molecule has 0 bridgehead atoms. The molecule has 3 N–H and O–H groups in total. The molecule has 1 aliphatic heterocycles. The SMILES string of the molecule is COc1c(CCN2CCCC(N)C2)ccn2c(=O)c(C(=O)O)ccc12. The van der Waals surface area contributed by atoms with E-state index in [0.717, 1.165) is 44.5 Å². The Labute approximate surface area is 145 Å². The van der Waals surface area contributed by atoms with Gasteiger partial charge in [-0.3, -0.25) is 9.20 Å². The molecule has 2 aromatic heterocycles. The van der Waals surface area contributed by atoms with E-state index in [1.54, 1.807) is 19.4 Å². The number of nitrogens with zero attached hydrogens (tertiary/aromatic N) is 2. The fourth-order valence-corrected chi connectivity index (χ4v) is 3.46. The van der Waals surface area contributed by atoms with Gasteiger partial charge in [-0.05, 0) is 49.6 Å². The number of nitrogens with two attached hydrogens (primary N) is 1. The van der Waals surface area contributed by atoms with Crippen LogP contribution in [0.2, 0.25) is 0 Å². The Kier molecular flexibility index (Phi) is 5.06. The normalized spacial score (nSPS) is 18.4. The first-order valence-electron chi connectivity index (χ1n) is 8.43. The summed E-state index contributed by atoms with van der Waals surface area (Å²) in [7, 11) is 1.56. The topological polar surface area (TPSA) is 97.3 Å². The van der Waals surface area contributed by atoms with E-state index >= 15 is 0 Å². The summed E-state index contributed by atoms with van der Waals surface area (Å²) in [5.41, 5.74) is 6.78. The highest BCUT2D eigenvalue weighted by atomic mass is 16.5. The van der Waals surface area contributed by atoms with Crippen molar-refractivity contribution in [1.29, 1.82) is 0 Å². The molecular formula is C18H23N3O4. The molecule has 1 saturated heterocycles. The first-order valence-corrected chi connectivity index (χ1v) is 8.43. The second-order valence-electron chi connectivity index (χ2n) is 6.44. The van der Waals surface area contributed by atoms with Gasteiger partial charge in [-0.2, -0.15) is 0 Å². The zero-order valence-corrected chi connectivity index (χ0v) is 14.3. The molecule has 0 radical (unpaired) electrons. The molecule has 0 amide bonds. The summed E-state index contributed by atoms with van der Waals surface area (Å²) >= 11 is 0. The lowest BCUT2D eigenvalue weighted by molar-refractivity contribution is 0.0694. The molecule has 0 aromatic carbocycles. The predicted molar refractivity (Wildman–Crippen MR) is 94.5 cm³/mol. The maximum Gasteiger partial charge on any atom is 0.341 e. The van der Waals surface area contributed by atoms with E-state index in [1.807, 2.05) is 6.07 Å². The van der Waals surface area contributed by atoms with Crippen molar-refractivity contribution in [3.8, 4) is 5.75 Å². The van der Waals surface area contributed by atoms with Crippen molar-refractivity contribution in [2.75, 3.05) is 26.7 Å².